The highest BCUT2D eigenvalue weighted by atomic mass is 35.5. The van der Waals surface area contributed by atoms with Crippen molar-refractivity contribution in [2.75, 3.05) is 20.1 Å². The summed E-state index contributed by atoms with van der Waals surface area (Å²) >= 11 is 0. The number of aromatic nitrogens is 1. The monoisotopic (exact) mass is 316 g/mol. The predicted molar refractivity (Wildman–Crippen MR) is 82.7 cm³/mol. The molecule has 0 aliphatic carbocycles. The van der Waals surface area contributed by atoms with E-state index in [1.165, 1.54) is 11.0 Å². The van der Waals surface area contributed by atoms with Crippen LogP contribution in [0.4, 0.5) is 5.69 Å². The Kier molecular flexibility index (Phi) is 6.72. The largest absolute Gasteiger partial charge is 0.341 e. The summed E-state index contributed by atoms with van der Waals surface area (Å²) in [7, 11) is 1.65. The Labute approximate surface area is 130 Å². The fourth-order valence-corrected chi connectivity index (χ4v) is 1.82. The molecule has 0 radical (unpaired) electrons. The van der Waals surface area contributed by atoms with Crippen LogP contribution in [0.3, 0.4) is 0 Å². The number of aryl methyl sites for hydroxylation is 1. The smallest absolute Gasteiger partial charge is 0.288 e. The van der Waals surface area contributed by atoms with Gasteiger partial charge in [-0.3, -0.25) is 19.9 Å². The number of hydrogen-bond acceptors (Lipinski definition) is 5. The second-order valence-corrected chi connectivity index (χ2v) is 5.61. The molecule has 0 aromatic carbocycles. The first kappa shape index (κ1) is 19.3. The predicted octanol–water partition coefficient (Wildman–Crippen LogP) is 1.78. The fourth-order valence-electron chi connectivity index (χ4n) is 1.82. The number of carbonyl (C=O) groups is 1. The molecule has 118 valence electrons. The highest BCUT2D eigenvalue weighted by molar-refractivity contribution is 5.95. The number of halogens is 1. The lowest BCUT2D eigenvalue weighted by Gasteiger charge is -2.29. The lowest BCUT2D eigenvalue weighted by atomic mass is 9.93. The van der Waals surface area contributed by atoms with E-state index in [1.807, 2.05) is 13.8 Å². The second kappa shape index (κ2) is 7.33. The molecule has 1 aromatic rings. The van der Waals surface area contributed by atoms with Crippen LogP contribution in [-0.2, 0) is 0 Å². The molecule has 8 heteroatoms. The first-order valence-electron chi connectivity index (χ1n) is 6.24. The SMILES string of the molecule is Cc1ncc([N+](=O)[O-])cc1C(=O)N(C)CC(C)(C)CN.Cl. The Morgan fingerprint density at radius 1 is 1.52 bits per heavy atom. The molecule has 1 amide bonds. The van der Waals surface area contributed by atoms with Gasteiger partial charge < -0.3 is 10.6 Å². The van der Waals surface area contributed by atoms with Crippen molar-refractivity contribution in [2.45, 2.75) is 20.8 Å². The normalized spacial score (nSPS) is 10.7. The molecular formula is C13H21ClN4O3. The van der Waals surface area contributed by atoms with Crippen LogP contribution in [0.1, 0.15) is 29.9 Å². The summed E-state index contributed by atoms with van der Waals surface area (Å²) in [6.45, 7) is 6.46. The van der Waals surface area contributed by atoms with Gasteiger partial charge in [-0.1, -0.05) is 13.8 Å². The van der Waals surface area contributed by atoms with E-state index >= 15 is 0 Å². The van der Waals surface area contributed by atoms with E-state index in [2.05, 4.69) is 4.98 Å². The zero-order valence-corrected chi connectivity index (χ0v) is 13.4. The summed E-state index contributed by atoms with van der Waals surface area (Å²) in [5.41, 5.74) is 5.96. The summed E-state index contributed by atoms with van der Waals surface area (Å²) in [6.07, 6.45) is 1.15. The number of nitro groups is 1. The van der Waals surface area contributed by atoms with Gasteiger partial charge in [0.2, 0.25) is 0 Å². The van der Waals surface area contributed by atoms with Gasteiger partial charge >= 0.3 is 0 Å². The van der Waals surface area contributed by atoms with E-state index in [9.17, 15) is 14.9 Å². The Hall–Kier alpha value is -1.73. The van der Waals surface area contributed by atoms with Crippen molar-refractivity contribution in [3.63, 3.8) is 0 Å². The van der Waals surface area contributed by atoms with Crippen molar-refractivity contribution in [1.29, 1.82) is 0 Å². The van der Waals surface area contributed by atoms with Crippen molar-refractivity contribution < 1.29 is 9.72 Å². The summed E-state index contributed by atoms with van der Waals surface area (Å²) < 4.78 is 0. The third-order valence-electron chi connectivity index (χ3n) is 3.08. The number of carbonyl (C=O) groups excluding carboxylic acids is 1. The Morgan fingerprint density at radius 2 is 2.10 bits per heavy atom. The third kappa shape index (κ3) is 4.95. The van der Waals surface area contributed by atoms with Gasteiger partial charge in [0, 0.05) is 19.7 Å². The zero-order chi connectivity index (χ0) is 15.5. The van der Waals surface area contributed by atoms with Gasteiger partial charge in [0.1, 0.15) is 6.20 Å². The standard InChI is InChI=1S/C13H20N4O3.ClH/c1-9-11(5-10(6-15-9)17(19)20)12(18)16(4)8-13(2,3)7-14;/h5-6H,7-8,14H2,1-4H3;1H. The highest BCUT2D eigenvalue weighted by Crippen LogP contribution is 2.19. The van der Waals surface area contributed by atoms with Gasteiger partial charge in [-0.2, -0.15) is 0 Å². The maximum atomic E-state index is 12.4. The second-order valence-electron chi connectivity index (χ2n) is 5.61. The summed E-state index contributed by atoms with van der Waals surface area (Å²) in [5.74, 6) is -0.291. The van der Waals surface area contributed by atoms with Gasteiger partial charge in [-0.15, -0.1) is 12.4 Å². The van der Waals surface area contributed by atoms with E-state index in [4.69, 9.17) is 5.73 Å². The molecule has 21 heavy (non-hydrogen) atoms. The minimum absolute atomic E-state index is 0. The van der Waals surface area contributed by atoms with Crippen LogP contribution >= 0.6 is 12.4 Å². The Bertz CT molecular complexity index is 534. The van der Waals surface area contributed by atoms with Crippen LogP contribution < -0.4 is 5.73 Å². The maximum absolute atomic E-state index is 12.4. The van der Waals surface area contributed by atoms with Crippen molar-refractivity contribution in [2.24, 2.45) is 11.1 Å². The molecule has 7 nitrogen and oxygen atoms in total. The molecule has 0 aliphatic rings. The zero-order valence-electron chi connectivity index (χ0n) is 12.6. The van der Waals surface area contributed by atoms with Gasteiger partial charge in [0.15, 0.2) is 0 Å². The molecular weight excluding hydrogens is 296 g/mol. The first-order valence-corrected chi connectivity index (χ1v) is 6.24. The van der Waals surface area contributed by atoms with Crippen LogP contribution in [0.15, 0.2) is 12.3 Å². The van der Waals surface area contributed by atoms with Gasteiger partial charge in [0.25, 0.3) is 11.6 Å². The van der Waals surface area contributed by atoms with Crippen molar-refractivity contribution in [3.05, 3.63) is 33.6 Å². The van der Waals surface area contributed by atoms with Gasteiger partial charge in [-0.05, 0) is 18.9 Å². The van der Waals surface area contributed by atoms with Crippen LogP contribution in [0, 0.1) is 22.5 Å². The molecule has 0 saturated heterocycles. The molecule has 0 unspecified atom stereocenters. The molecule has 1 rings (SSSR count). The third-order valence-corrected chi connectivity index (χ3v) is 3.08. The van der Waals surface area contributed by atoms with E-state index in [0.717, 1.165) is 6.20 Å². The number of hydrogen-bond donors (Lipinski definition) is 1. The molecule has 2 N–H and O–H groups in total. The van der Waals surface area contributed by atoms with Gasteiger partial charge in [-0.25, -0.2) is 0 Å². The maximum Gasteiger partial charge on any atom is 0.288 e. The number of nitrogens with two attached hydrogens (primary N) is 1. The van der Waals surface area contributed by atoms with E-state index < -0.39 is 4.92 Å². The van der Waals surface area contributed by atoms with Crippen LogP contribution in [0.2, 0.25) is 0 Å². The topological polar surface area (TPSA) is 102 Å². The Morgan fingerprint density at radius 3 is 2.57 bits per heavy atom. The number of pyridine rings is 1. The summed E-state index contributed by atoms with van der Waals surface area (Å²) in [4.78, 5) is 28.0. The summed E-state index contributed by atoms with van der Waals surface area (Å²) in [6, 6.07) is 1.26. The van der Waals surface area contributed by atoms with E-state index in [1.54, 1.807) is 14.0 Å². The number of nitrogens with zero attached hydrogens (tertiary/aromatic N) is 3. The molecule has 0 fully saturated rings. The minimum Gasteiger partial charge on any atom is -0.341 e. The quantitative estimate of drug-likeness (QED) is 0.659. The molecule has 1 aromatic heterocycles. The van der Waals surface area contributed by atoms with Crippen LogP contribution in [-0.4, -0.2) is 40.9 Å². The lowest BCUT2D eigenvalue weighted by molar-refractivity contribution is -0.385. The number of amides is 1. The average molecular weight is 317 g/mol. The van der Waals surface area contributed by atoms with E-state index in [0.29, 0.717) is 18.8 Å². The van der Waals surface area contributed by atoms with Crippen molar-refractivity contribution in [1.82, 2.24) is 9.88 Å². The number of rotatable bonds is 5. The lowest BCUT2D eigenvalue weighted by Crippen LogP contribution is -2.40. The van der Waals surface area contributed by atoms with E-state index in [-0.39, 0.29) is 35.0 Å². The molecule has 1 heterocycles. The average Bonchev–Trinajstić information content (AvgIpc) is 2.37. The fraction of sp³-hybridized carbons (Fsp3) is 0.538. The highest BCUT2D eigenvalue weighted by Gasteiger charge is 2.24. The molecule has 0 spiro atoms. The van der Waals surface area contributed by atoms with Gasteiger partial charge in [0.05, 0.1) is 16.2 Å². The molecule has 0 saturated carbocycles. The molecule has 0 atom stereocenters. The van der Waals surface area contributed by atoms with Crippen molar-refractivity contribution >= 4 is 24.0 Å². The minimum atomic E-state index is -0.562. The first-order chi connectivity index (χ1) is 9.18. The Balaban J connectivity index is 0.00000400. The molecule has 0 bridgehead atoms. The van der Waals surface area contributed by atoms with Crippen molar-refractivity contribution in [3.8, 4) is 0 Å². The van der Waals surface area contributed by atoms with Crippen LogP contribution in [0.25, 0.3) is 0 Å². The molecule has 0 aliphatic heterocycles. The summed E-state index contributed by atoms with van der Waals surface area (Å²) in [5, 5.41) is 10.8. The van der Waals surface area contributed by atoms with Crippen LogP contribution in [0.5, 0.6) is 0 Å².